The van der Waals surface area contributed by atoms with E-state index >= 15 is 0 Å². The topological polar surface area (TPSA) is 61.6 Å². The van der Waals surface area contributed by atoms with Gasteiger partial charge in [-0.15, -0.1) is 11.3 Å². The van der Waals surface area contributed by atoms with E-state index in [4.69, 9.17) is 9.40 Å². The van der Waals surface area contributed by atoms with Gasteiger partial charge in [-0.2, -0.15) is 0 Å². The molecule has 1 N–H and O–H groups in total. The molecule has 2 amide bonds. The summed E-state index contributed by atoms with van der Waals surface area (Å²) in [5.74, 6) is 1.25. The van der Waals surface area contributed by atoms with Crippen LogP contribution in [0.25, 0.3) is 10.2 Å². The molecular formula is C23H28N4O2S. The van der Waals surface area contributed by atoms with Crippen LogP contribution in [-0.2, 0) is 0 Å². The van der Waals surface area contributed by atoms with Crippen molar-refractivity contribution < 1.29 is 9.21 Å². The molecule has 0 bridgehead atoms. The number of hydrogen-bond donors (Lipinski definition) is 1. The average Bonchev–Trinajstić information content (AvgIpc) is 3.55. The van der Waals surface area contributed by atoms with Crippen molar-refractivity contribution in [2.24, 2.45) is 0 Å². The molecule has 0 spiro atoms. The van der Waals surface area contributed by atoms with Gasteiger partial charge in [-0.25, -0.2) is 9.78 Å². The third kappa shape index (κ3) is 4.09. The molecule has 2 fully saturated rings. The molecule has 1 aromatic carbocycles. The fourth-order valence-electron chi connectivity index (χ4n) is 4.67. The summed E-state index contributed by atoms with van der Waals surface area (Å²) in [5, 5.41) is 4.34. The van der Waals surface area contributed by atoms with Crippen molar-refractivity contribution >= 4 is 27.6 Å². The first-order chi connectivity index (χ1) is 14.8. The second kappa shape index (κ2) is 8.78. The van der Waals surface area contributed by atoms with Crippen LogP contribution in [0.4, 0.5) is 4.79 Å². The fraction of sp³-hybridized carbons (Fsp3) is 0.478. The number of hydrogen-bond acceptors (Lipinski definition) is 5. The van der Waals surface area contributed by atoms with E-state index in [1.165, 1.54) is 17.5 Å². The van der Waals surface area contributed by atoms with Gasteiger partial charge in [-0.3, -0.25) is 4.90 Å². The van der Waals surface area contributed by atoms with Gasteiger partial charge in [-0.1, -0.05) is 12.1 Å². The molecule has 2 aromatic heterocycles. The number of carbonyl (C=O) groups is 1. The van der Waals surface area contributed by atoms with Gasteiger partial charge < -0.3 is 14.6 Å². The van der Waals surface area contributed by atoms with E-state index in [9.17, 15) is 4.79 Å². The monoisotopic (exact) mass is 424 g/mol. The standard InChI is InChI=1S/C23H28N4O2S/c28-23(24-15-19(20-9-6-14-29-20)26-11-3-4-12-26)27-13-5-7-17(16-27)22-25-18-8-1-2-10-21(18)30-22/h1-2,6,8-10,14,17,19H,3-5,7,11-13,15-16H2,(H,24,28)/t17-,19-/m0/s1. The predicted octanol–water partition coefficient (Wildman–Crippen LogP) is 4.62. The molecule has 6 nitrogen and oxygen atoms in total. The van der Waals surface area contributed by atoms with Crippen LogP contribution >= 0.6 is 11.3 Å². The Labute approximate surface area is 180 Å². The van der Waals surface area contributed by atoms with Crippen LogP contribution < -0.4 is 5.32 Å². The first-order valence-electron chi connectivity index (χ1n) is 10.9. The summed E-state index contributed by atoms with van der Waals surface area (Å²) in [6.07, 6.45) is 6.24. The lowest BCUT2D eigenvalue weighted by Crippen LogP contribution is -2.47. The molecule has 2 atom stereocenters. The summed E-state index contributed by atoms with van der Waals surface area (Å²) in [6, 6.07) is 12.3. The number of para-hydroxylation sites is 1. The Morgan fingerprint density at radius 2 is 2.03 bits per heavy atom. The van der Waals surface area contributed by atoms with Crippen LogP contribution in [0.5, 0.6) is 0 Å². The maximum absolute atomic E-state index is 13.0. The smallest absolute Gasteiger partial charge is 0.317 e. The van der Waals surface area contributed by atoms with Crippen molar-refractivity contribution in [1.29, 1.82) is 0 Å². The van der Waals surface area contributed by atoms with E-state index in [0.29, 0.717) is 12.5 Å². The third-order valence-electron chi connectivity index (χ3n) is 6.27. The summed E-state index contributed by atoms with van der Waals surface area (Å²) in [7, 11) is 0. The minimum Gasteiger partial charge on any atom is -0.468 e. The van der Waals surface area contributed by atoms with Crippen molar-refractivity contribution in [1.82, 2.24) is 20.1 Å². The van der Waals surface area contributed by atoms with E-state index in [1.54, 1.807) is 17.6 Å². The Morgan fingerprint density at radius 1 is 1.17 bits per heavy atom. The molecule has 2 aliphatic rings. The van der Waals surface area contributed by atoms with Gasteiger partial charge in [0.2, 0.25) is 0 Å². The van der Waals surface area contributed by atoms with Crippen LogP contribution in [0.2, 0.25) is 0 Å². The number of urea groups is 1. The van der Waals surface area contributed by atoms with Crippen LogP contribution in [-0.4, -0.2) is 53.5 Å². The highest BCUT2D eigenvalue weighted by Gasteiger charge is 2.29. The minimum absolute atomic E-state index is 0.0246. The van der Waals surface area contributed by atoms with Crippen LogP contribution in [0.15, 0.2) is 47.1 Å². The largest absolute Gasteiger partial charge is 0.468 e. The highest BCUT2D eigenvalue weighted by atomic mass is 32.1. The first kappa shape index (κ1) is 19.6. The third-order valence-corrected chi connectivity index (χ3v) is 7.47. The number of likely N-dealkylation sites (tertiary alicyclic amines) is 2. The van der Waals surface area contributed by atoms with Crippen molar-refractivity contribution in [3.8, 4) is 0 Å². The molecule has 0 aliphatic carbocycles. The van der Waals surface area contributed by atoms with E-state index < -0.39 is 0 Å². The number of rotatable bonds is 5. The molecule has 2 aliphatic heterocycles. The normalized spacial score (nSPS) is 21.2. The van der Waals surface area contributed by atoms with Crippen LogP contribution in [0, 0.1) is 0 Å². The van der Waals surface area contributed by atoms with Crippen LogP contribution in [0.3, 0.4) is 0 Å². The molecule has 4 heterocycles. The van der Waals surface area contributed by atoms with Crippen molar-refractivity contribution in [3.63, 3.8) is 0 Å². The van der Waals surface area contributed by atoms with Gasteiger partial charge in [-0.05, 0) is 63.0 Å². The van der Waals surface area contributed by atoms with E-state index in [-0.39, 0.29) is 12.1 Å². The zero-order chi connectivity index (χ0) is 20.3. The SMILES string of the molecule is O=C(NC[C@@H](c1ccco1)N1CCCC1)N1CCC[C@H](c2nc3ccccc3s2)C1. The predicted molar refractivity (Wildman–Crippen MR) is 119 cm³/mol. The molecular weight excluding hydrogens is 396 g/mol. The fourth-order valence-corrected chi connectivity index (χ4v) is 5.76. The number of piperidine rings is 1. The van der Waals surface area contributed by atoms with Gasteiger partial charge in [0.1, 0.15) is 5.76 Å². The number of furan rings is 1. The summed E-state index contributed by atoms with van der Waals surface area (Å²) in [4.78, 5) is 22.2. The molecule has 3 aromatic rings. The molecule has 5 rings (SSSR count). The maximum Gasteiger partial charge on any atom is 0.317 e. The lowest BCUT2D eigenvalue weighted by Gasteiger charge is -2.33. The average molecular weight is 425 g/mol. The molecule has 158 valence electrons. The Morgan fingerprint density at radius 3 is 2.83 bits per heavy atom. The van der Waals surface area contributed by atoms with Crippen molar-refractivity contribution in [2.45, 2.75) is 37.6 Å². The van der Waals surface area contributed by atoms with E-state index in [0.717, 1.165) is 55.3 Å². The van der Waals surface area contributed by atoms with Gasteiger partial charge in [0, 0.05) is 25.6 Å². The van der Waals surface area contributed by atoms with E-state index in [2.05, 4.69) is 28.4 Å². The summed E-state index contributed by atoms with van der Waals surface area (Å²) in [6.45, 7) is 4.24. The lowest BCUT2D eigenvalue weighted by molar-refractivity contribution is 0.168. The van der Waals surface area contributed by atoms with Gasteiger partial charge >= 0.3 is 6.03 Å². The Hall–Kier alpha value is -2.38. The quantitative estimate of drug-likeness (QED) is 0.649. The summed E-state index contributed by atoms with van der Waals surface area (Å²) < 4.78 is 6.90. The van der Waals surface area contributed by atoms with Gasteiger partial charge in [0.15, 0.2) is 0 Å². The summed E-state index contributed by atoms with van der Waals surface area (Å²) >= 11 is 1.76. The molecule has 30 heavy (non-hydrogen) atoms. The maximum atomic E-state index is 13.0. The van der Waals surface area contributed by atoms with E-state index in [1.807, 2.05) is 23.1 Å². The second-order valence-electron chi connectivity index (χ2n) is 8.27. The Kier molecular flexibility index (Phi) is 5.73. The van der Waals surface area contributed by atoms with Crippen LogP contribution in [0.1, 0.15) is 48.4 Å². The zero-order valence-corrected chi connectivity index (χ0v) is 17.9. The molecule has 0 saturated carbocycles. The molecule has 0 unspecified atom stereocenters. The number of nitrogens with one attached hydrogen (secondary N) is 1. The number of thiazole rings is 1. The van der Waals surface area contributed by atoms with Crippen molar-refractivity contribution in [3.05, 3.63) is 53.4 Å². The second-order valence-corrected chi connectivity index (χ2v) is 9.33. The van der Waals surface area contributed by atoms with Gasteiger partial charge in [0.25, 0.3) is 0 Å². The minimum atomic E-state index is 0.0246. The molecule has 2 saturated heterocycles. The Bertz CT molecular complexity index is 947. The van der Waals surface area contributed by atoms with Crippen molar-refractivity contribution in [2.75, 3.05) is 32.7 Å². The molecule has 0 radical (unpaired) electrons. The number of benzene rings is 1. The summed E-state index contributed by atoms with van der Waals surface area (Å²) in [5.41, 5.74) is 1.06. The number of fused-ring (bicyclic) bond motifs is 1. The number of nitrogens with zero attached hydrogens (tertiary/aromatic N) is 3. The first-order valence-corrected chi connectivity index (χ1v) is 11.8. The zero-order valence-electron chi connectivity index (χ0n) is 17.1. The molecule has 7 heteroatoms. The number of carbonyl (C=O) groups excluding carboxylic acids is 1. The lowest BCUT2D eigenvalue weighted by atomic mass is 9.99. The number of amides is 2. The number of aromatic nitrogens is 1. The van der Waals surface area contributed by atoms with Gasteiger partial charge in [0.05, 0.1) is 27.5 Å². The highest BCUT2D eigenvalue weighted by Crippen LogP contribution is 2.33. The highest BCUT2D eigenvalue weighted by molar-refractivity contribution is 7.18. The Balaban J connectivity index is 1.23.